The van der Waals surface area contributed by atoms with Crippen molar-refractivity contribution in [1.82, 2.24) is 0 Å². The lowest BCUT2D eigenvalue weighted by atomic mass is 10.2. The van der Waals surface area contributed by atoms with Crippen LogP contribution >= 0.6 is 0 Å². The van der Waals surface area contributed by atoms with Crippen molar-refractivity contribution in [1.29, 1.82) is 0 Å². The Kier molecular flexibility index (Phi) is 5.17. The number of benzene rings is 1. The van der Waals surface area contributed by atoms with Gasteiger partial charge in [-0.1, -0.05) is 0 Å². The first-order valence-electron chi connectivity index (χ1n) is 5.74. The topological polar surface area (TPSA) is 87.9 Å². The number of ether oxygens (including phenoxy) is 3. The number of carbonyl (C=O) groups excluding carboxylic acids is 2. The molecule has 1 aromatic rings. The Hall–Kier alpha value is -2.24. The second-order valence-electron chi connectivity index (χ2n) is 4.07. The lowest BCUT2D eigenvalue weighted by Crippen LogP contribution is -2.19. The molecule has 0 aliphatic heterocycles. The van der Waals surface area contributed by atoms with Crippen molar-refractivity contribution in [2.24, 2.45) is 0 Å². The van der Waals surface area contributed by atoms with Gasteiger partial charge >= 0.3 is 11.9 Å². The average molecular weight is 267 g/mol. The molecule has 6 heteroatoms. The number of anilines is 1. The molecule has 0 aliphatic rings. The number of rotatable bonds is 5. The molecule has 0 amide bonds. The van der Waals surface area contributed by atoms with Gasteiger partial charge < -0.3 is 19.9 Å². The minimum absolute atomic E-state index is 0.188. The van der Waals surface area contributed by atoms with Gasteiger partial charge in [-0.3, -0.25) is 0 Å². The molecule has 0 bridgehead atoms. The first-order chi connectivity index (χ1) is 8.93. The monoisotopic (exact) mass is 267 g/mol. The Balaban J connectivity index is 2.79. The summed E-state index contributed by atoms with van der Waals surface area (Å²) < 4.78 is 14.8. The van der Waals surface area contributed by atoms with E-state index < -0.39 is 11.9 Å². The molecule has 1 aromatic carbocycles. The first-order valence-corrected chi connectivity index (χ1v) is 5.74. The number of esters is 2. The summed E-state index contributed by atoms with van der Waals surface area (Å²) >= 11 is 0. The molecule has 104 valence electrons. The number of methoxy groups -OCH3 is 1. The van der Waals surface area contributed by atoms with Crippen LogP contribution in [0.2, 0.25) is 0 Å². The van der Waals surface area contributed by atoms with E-state index in [4.69, 9.17) is 15.2 Å². The molecule has 0 heterocycles. The van der Waals surface area contributed by atoms with Gasteiger partial charge in [-0.25, -0.2) is 9.59 Å². The van der Waals surface area contributed by atoms with Crippen LogP contribution in [0.25, 0.3) is 0 Å². The van der Waals surface area contributed by atoms with Crippen molar-refractivity contribution in [2.75, 3.05) is 19.5 Å². The minimum atomic E-state index is -0.563. The zero-order valence-corrected chi connectivity index (χ0v) is 11.1. The third-order valence-electron chi connectivity index (χ3n) is 2.12. The largest absolute Gasteiger partial charge is 0.481 e. The summed E-state index contributed by atoms with van der Waals surface area (Å²) in [6, 6.07) is 4.48. The van der Waals surface area contributed by atoms with E-state index in [0.29, 0.717) is 5.69 Å². The summed E-state index contributed by atoms with van der Waals surface area (Å²) in [7, 11) is 1.26. The average Bonchev–Trinajstić information content (AvgIpc) is 2.34. The van der Waals surface area contributed by atoms with Gasteiger partial charge in [0.05, 0.1) is 13.2 Å². The number of hydrogen-bond donors (Lipinski definition) is 1. The van der Waals surface area contributed by atoms with Crippen LogP contribution in [0.15, 0.2) is 18.2 Å². The Morgan fingerprint density at radius 3 is 2.58 bits per heavy atom. The highest BCUT2D eigenvalue weighted by molar-refractivity contribution is 5.93. The lowest BCUT2D eigenvalue weighted by molar-refractivity contribution is -0.149. The van der Waals surface area contributed by atoms with Gasteiger partial charge in [-0.05, 0) is 26.0 Å². The summed E-state index contributed by atoms with van der Waals surface area (Å²) in [5, 5.41) is 0. The van der Waals surface area contributed by atoms with Crippen molar-refractivity contribution in [3.8, 4) is 5.75 Å². The molecule has 0 aliphatic carbocycles. The fourth-order valence-corrected chi connectivity index (χ4v) is 1.37. The molecule has 19 heavy (non-hydrogen) atoms. The number of nitrogens with two attached hydrogens (primary N) is 1. The van der Waals surface area contributed by atoms with E-state index in [9.17, 15) is 9.59 Å². The van der Waals surface area contributed by atoms with E-state index in [-0.39, 0.29) is 24.0 Å². The summed E-state index contributed by atoms with van der Waals surface area (Å²) in [4.78, 5) is 22.9. The van der Waals surface area contributed by atoms with E-state index >= 15 is 0 Å². The van der Waals surface area contributed by atoms with Crippen LogP contribution in [-0.4, -0.2) is 31.8 Å². The van der Waals surface area contributed by atoms with Gasteiger partial charge in [-0.2, -0.15) is 0 Å². The molecule has 0 fully saturated rings. The standard InChI is InChI=1S/C13H17NO5/c1-8(2)19-12(15)7-18-11-6-9(14)4-5-10(11)13(16)17-3/h4-6,8H,7,14H2,1-3H3. The van der Waals surface area contributed by atoms with Crippen LogP contribution in [0.1, 0.15) is 24.2 Å². The third-order valence-corrected chi connectivity index (χ3v) is 2.12. The predicted octanol–water partition coefficient (Wildman–Crippen LogP) is 1.39. The van der Waals surface area contributed by atoms with Crippen LogP contribution in [0.3, 0.4) is 0 Å². The molecule has 2 N–H and O–H groups in total. The van der Waals surface area contributed by atoms with E-state index in [1.165, 1.54) is 19.2 Å². The second-order valence-corrected chi connectivity index (χ2v) is 4.07. The second kappa shape index (κ2) is 6.63. The van der Waals surface area contributed by atoms with E-state index in [1.807, 2.05) is 0 Å². The highest BCUT2D eigenvalue weighted by atomic mass is 16.6. The summed E-state index contributed by atoms with van der Waals surface area (Å²) in [6.45, 7) is 3.17. The maximum absolute atomic E-state index is 11.5. The lowest BCUT2D eigenvalue weighted by Gasteiger charge is -2.12. The molecule has 0 saturated heterocycles. The zero-order chi connectivity index (χ0) is 14.4. The molecular weight excluding hydrogens is 250 g/mol. The Bertz CT molecular complexity index is 470. The molecule has 0 unspecified atom stereocenters. The van der Waals surface area contributed by atoms with Crippen LogP contribution in [0.4, 0.5) is 5.69 Å². The van der Waals surface area contributed by atoms with Crippen LogP contribution in [0.5, 0.6) is 5.75 Å². The molecule has 0 atom stereocenters. The van der Waals surface area contributed by atoms with Crippen LogP contribution < -0.4 is 10.5 Å². The highest BCUT2D eigenvalue weighted by Gasteiger charge is 2.15. The quantitative estimate of drug-likeness (QED) is 0.640. The van der Waals surface area contributed by atoms with E-state index in [2.05, 4.69) is 4.74 Å². The molecule has 6 nitrogen and oxygen atoms in total. The van der Waals surface area contributed by atoms with Crippen molar-refractivity contribution < 1.29 is 23.8 Å². The van der Waals surface area contributed by atoms with Gasteiger partial charge in [0.1, 0.15) is 11.3 Å². The summed E-state index contributed by atoms with van der Waals surface area (Å²) in [5.74, 6) is -0.895. The van der Waals surface area contributed by atoms with E-state index in [1.54, 1.807) is 19.9 Å². The van der Waals surface area contributed by atoms with Gasteiger partial charge in [0.2, 0.25) is 0 Å². The van der Waals surface area contributed by atoms with Crippen LogP contribution in [-0.2, 0) is 14.3 Å². The maximum atomic E-state index is 11.5. The fraction of sp³-hybridized carbons (Fsp3) is 0.385. The number of carbonyl (C=O) groups is 2. The Morgan fingerprint density at radius 2 is 2.00 bits per heavy atom. The molecular formula is C13H17NO5. The summed E-state index contributed by atoms with van der Waals surface area (Å²) in [6.07, 6.45) is -0.225. The summed E-state index contributed by atoms with van der Waals surface area (Å²) in [5.41, 5.74) is 6.23. The van der Waals surface area contributed by atoms with Gasteiger partial charge in [-0.15, -0.1) is 0 Å². The smallest absolute Gasteiger partial charge is 0.344 e. The highest BCUT2D eigenvalue weighted by Crippen LogP contribution is 2.22. The number of nitrogen functional groups attached to an aromatic ring is 1. The molecule has 1 rings (SSSR count). The first kappa shape index (κ1) is 14.8. The number of hydrogen-bond acceptors (Lipinski definition) is 6. The Labute approximate surface area is 111 Å². The fourth-order valence-electron chi connectivity index (χ4n) is 1.37. The van der Waals surface area contributed by atoms with Crippen molar-refractivity contribution in [3.05, 3.63) is 23.8 Å². The molecule has 0 saturated carbocycles. The van der Waals surface area contributed by atoms with Crippen molar-refractivity contribution >= 4 is 17.6 Å². The molecule has 0 spiro atoms. The molecule has 0 aromatic heterocycles. The Morgan fingerprint density at radius 1 is 1.32 bits per heavy atom. The minimum Gasteiger partial charge on any atom is -0.481 e. The maximum Gasteiger partial charge on any atom is 0.344 e. The van der Waals surface area contributed by atoms with Gasteiger partial charge in [0.25, 0.3) is 0 Å². The SMILES string of the molecule is COC(=O)c1ccc(N)cc1OCC(=O)OC(C)C. The van der Waals surface area contributed by atoms with Gasteiger partial charge in [0, 0.05) is 11.8 Å². The molecule has 0 radical (unpaired) electrons. The zero-order valence-electron chi connectivity index (χ0n) is 11.1. The van der Waals surface area contributed by atoms with Crippen molar-refractivity contribution in [3.63, 3.8) is 0 Å². The van der Waals surface area contributed by atoms with E-state index in [0.717, 1.165) is 0 Å². The van der Waals surface area contributed by atoms with Crippen molar-refractivity contribution in [2.45, 2.75) is 20.0 Å². The third kappa shape index (κ3) is 4.50. The van der Waals surface area contributed by atoms with Crippen LogP contribution in [0, 0.1) is 0 Å². The normalized spacial score (nSPS) is 10.1. The predicted molar refractivity (Wildman–Crippen MR) is 68.9 cm³/mol. The van der Waals surface area contributed by atoms with Gasteiger partial charge in [0.15, 0.2) is 6.61 Å².